The number of imide groups is 1. The summed E-state index contributed by atoms with van der Waals surface area (Å²) in [6.45, 7) is 0.572. The second-order valence-corrected chi connectivity index (χ2v) is 5.88. The van der Waals surface area contributed by atoms with E-state index in [1.807, 2.05) is 0 Å². The zero-order chi connectivity index (χ0) is 15.0. The highest BCUT2D eigenvalue weighted by Gasteiger charge is 2.46. The molecule has 21 heavy (non-hydrogen) atoms. The average molecular weight is 309 g/mol. The fourth-order valence-corrected chi connectivity index (χ4v) is 3.29. The second-order valence-electron chi connectivity index (χ2n) is 5.47. The first kappa shape index (κ1) is 14.4. The monoisotopic (exact) mass is 308 g/mol. The Bertz CT molecular complexity index is 554. The first-order valence-electron chi connectivity index (χ1n) is 7.14. The summed E-state index contributed by atoms with van der Waals surface area (Å²) in [5, 5.41) is 10.7. The maximum atomic E-state index is 12.3. The molecule has 2 fully saturated rings. The number of aliphatic hydroxyl groups excluding tert-OH is 1. The molecule has 1 N–H and O–H groups in total. The molecule has 112 valence electrons. The molecule has 0 aromatic heterocycles. The molecule has 2 unspecified atom stereocenters. The molecule has 2 heterocycles. The summed E-state index contributed by atoms with van der Waals surface area (Å²) >= 11 is 6.04. The van der Waals surface area contributed by atoms with Crippen molar-refractivity contribution in [3.8, 4) is 0 Å². The van der Waals surface area contributed by atoms with Crippen LogP contribution in [0.4, 0.5) is 4.79 Å². The van der Waals surface area contributed by atoms with Gasteiger partial charge in [-0.2, -0.15) is 0 Å². The van der Waals surface area contributed by atoms with Crippen molar-refractivity contribution in [2.45, 2.75) is 31.4 Å². The van der Waals surface area contributed by atoms with Crippen molar-refractivity contribution in [3.05, 3.63) is 34.9 Å². The standard InChI is InChI=1S/C15H17ClN2O3/c16-11-6-2-1-5-10(11)13(19)9-18-14(20)12-7-3-4-8-17(12)15(18)21/h1-2,5-6,12-13,19H,3-4,7-9H2. The van der Waals surface area contributed by atoms with Crippen LogP contribution in [-0.2, 0) is 4.79 Å². The Labute approximate surface area is 128 Å². The van der Waals surface area contributed by atoms with Crippen molar-refractivity contribution in [2.24, 2.45) is 0 Å². The Kier molecular flexibility index (Phi) is 3.87. The summed E-state index contributed by atoms with van der Waals surface area (Å²) in [6, 6.07) is 6.27. The van der Waals surface area contributed by atoms with Gasteiger partial charge in [0.2, 0.25) is 0 Å². The van der Waals surface area contributed by atoms with Crippen LogP contribution in [0.2, 0.25) is 5.02 Å². The summed E-state index contributed by atoms with van der Waals surface area (Å²) in [6.07, 6.45) is 1.63. The molecular weight excluding hydrogens is 292 g/mol. The minimum atomic E-state index is -0.965. The topological polar surface area (TPSA) is 60.9 Å². The zero-order valence-electron chi connectivity index (χ0n) is 11.5. The van der Waals surface area contributed by atoms with Crippen molar-refractivity contribution >= 4 is 23.5 Å². The molecule has 0 spiro atoms. The number of fused-ring (bicyclic) bond motifs is 1. The largest absolute Gasteiger partial charge is 0.386 e. The van der Waals surface area contributed by atoms with E-state index in [0.29, 0.717) is 23.6 Å². The van der Waals surface area contributed by atoms with Gasteiger partial charge in [-0.15, -0.1) is 0 Å². The van der Waals surface area contributed by atoms with Gasteiger partial charge in [0.1, 0.15) is 6.04 Å². The van der Waals surface area contributed by atoms with Crippen molar-refractivity contribution in [1.29, 1.82) is 0 Å². The number of hydrogen-bond acceptors (Lipinski definition) is 3. The summed E-state index contributed by atoms with van der Waals surface area (Å²) in [7, 11) is 0. The second kappa shape index (κ2) is 5.66. The number of carbonyl (C=O) groups excluding carboxylic acids is 2. The van der Waals surface area contributed by atoms with Crippen LogP contribution in [0.3, 0.4) is 0 Å². The number of rotatable bonds is 3. The summed E-state index contributed by atoms with van der Waals surface area (Å²) in [5.41, 5.74) is 0.532. The maximum absolute atomic E-state index is 12.3. The molecule has 2 aliphatic rings. The number of piperidine rings is 1. The normalized spacial score (nSPS) is 23.4. The van der Waals surface area contributed by atoms with Gasteiger partial charge < -0.3 is 10.0 Å². The molecule has 1 aromatic rings. The number of hydrogen-bond donors (Lipinski definition) is 1. The van der Waals surface area contributed by atoms with Crippen molar-refractivity contribution in [3.63, 3.8) is 0 Å². The highest BCUT2D eigenvalue weighted by molar-refractivity contribution is 6.31. The maximum Gasteiger partial charge on any atom is 0.327 e. The third-order valence-electron chi connectivity index (χ3n) is 4.15. The van der Waals surface area contributed by atoms with Gasteiger partial charge in [0.15, 0.2) is 0 Å². The van der Waals surface area contributed by atoms with Gasteiger partial charge in [-0.05, 0) is 25.3 Å². The van der Waals surface area contributed by atoms with Crippen LogP contribution in [0, 0.1) is 0 Å². The Hall–Kier alpha value is -1.59. The van der Waals surface area contributed by atoms with E-state index in [4.69, 9.17) is 11.6 Å². The molecule has 6 heteroatoms. The van der Waals surface area contributed by atoms with E-state index in [-0.39, 0.29) is 24.5 Å². The van der Waals surface area contributed by atoms with Gasteiger partial charge in [-0.3, -0.25) is 9.69 Å². The number of nitrogens with zero attached hydrogens (tertiary/aromatic N) is 2. The number of amides is 3. The smallest absolute Gasteiger partial charge is 0.327 e. The first-order chi connectivity index (χ1) is 10.1. The molecule has 0 radical (unpaired) electrons. The number of benzene rings is 1. The fourth-order valence-electron chi connectivity index (χ4n) is 3.03. The van der Waals surface area contributed by atoms with E-state index < -0.39 is 6.10 Å². The van der Waals surface area contributed by atoms with Crippen molar-refractivity contribution in [1.82, 2.24) is 9.80 Å². The van der Waals surface area contributed by atoms with E-state index >= 15 is 0 Å². The fraction of sp³-hybridized carbons (Fsp3) is 0.467. The number of carbonyl (C=O) groups is 2. The lowest BCUT2D eigenvalue weighted by Crippen LogP contribution is -2.39. The average Bonchev–Trinajstić information content (AvgIpc) is 2.73. The van der Waals surface area contributed by atoms with Crippen LogP contribution in [-0.4, -0.2) is 46.0 Å². The van der Waals surface area contributed by atoms with E-state index in [2.05, 4.69) is 0 Å². The molecule has 1 aromatic carbocycles. The highest BCUT2D eigenvalue weighted by atomic mass is 35.5. The van der Waals surface area contributed by atoms with Crippen LogP contribution < -0.4 is 0 Å². The van der Waals surface area contributed by atoms with Crippen LogP contribution in [0.25, 0.3) is 0 Å². The first-order valence-corrected chi connectivity index (χ1v) is 7.52. The van der Waals surface area contributed by atoms with Gasteiger partial charge in [0.05, 0.1) is 12.6 Å². The summed E-state index contributed by atoms with van der Waals surface area (Å²) in [4.78, 5) is 27.4. The highest BCUT2D eigenvalue weighted by Crippen LogP contribution is 2.29. The predicted octanol–water partition coefficient (Wildman–Crippen LogP) is 2.19. The zero-order valence-corrected chi connectivity index (χ0v) is 12.3. The number of urea groups is 1. The SMILES string of the molecule is O=C1C2CCCCN2C(=O)N1CC(O)c1ccccc1Cl. The Morgan fingerprint density at radius 1 is 1.29 bits per heavy atom. The lowest BCUT2D eigenvalue weighted by atomic mass is 10.0. The quantitative estimate of drug-likeness (QED) is 0.871. The van der Waals surface area contributed by atoms with Crippen LogP contribution in [0.5, 0.6) is 0 Å². The Balaban J connectivity index is 1.77. The summed E-state index contributed by atoms with van der Waals surface area (Å²) in [5.74, 6) is -0.203. The predicted molar refractivity (Wildman–Crippen MR) is 77.9 cm³/mol. The lowest BCUT2D eigenvalue weighted by molar-refractivity contribution is -0.129. The molecule has 2 saturated heterocycles. The third-order valence-corrected chi connectivity index (χ3v) is 4.49. The van der Waals surface area contributed by atoms with Gasteiger partial charge >= 0.3 is 6.03 Å². The van der Waals surface area contributed by atoms with Crippen LogP contribution in [0.15, 0.2) is 24.3 Å². The summed E-state index contributed by atoms with van der Waals surface area (Å²) < 4.78 is 0. The molecule has 0 saturated carbocycles. The van der Waals surface area contributed by atoms with E-state index in [0.717, 1.165) is 17.7 Å². The van der Waals surface area contributed by atoms with Gasteiger partial charge in [0.25, 0.3) is 5.91 Å². The van der Waals surface area contributed by atoms with Gasteiger partial charge in [-0.25, -0.2) is 4.79 Å². The molecule has 3 amide bonds. The molecule has 2 atom stereocenters. The van der Waals surface area contributed by atoms with Crippen LogP contribution in [0.1, 0.15) is 30.9 Å². The third kappa shape index (κ3) is 2.51. The number of halogens is 1. The van der Waals surface area contributed by atoms with Crippen molar-refractivity contribution < 1.29 is 14.7 Å². The van der Waals surface area contributed by atoms with E-state index in [1.165, 1.54) is 0 Å². The molecule has 3 rings (SSSR count). The Morgan fingerprint density at radius 2 is 2.05 bits per heavy atom. The lowest BCUT2D eigenvalue weighted by Gasteiger charge is -2.26. The number of aliphatic hydroxyl groups is 1. The van der Waals surface area contributed by atoms with E-state index in [1.54, 1.807) is 29.2 Å². The van der Waals surface area contributed by atoms with Gasteiger partial charge in [0, 0.05) is 17.1 Å². The molecular formula is C15H17ClN2O3. The molecule has 5 nitrogen and oxygen atoms in total. The number of β-amino-alcohol motifs (C(OH)–C–C–N with tert-alkyl or cyclic N) is 1. The van der Waals surface area contributed by atoms with Crippen molar-refractivity contribution in [2.75, 3.05) is 13.1 Å². The molecule has 2 aliphatic heterocycles. The molecule has 0 aliphatic carbocycles. The molecule has 0 bridgehead atoms. The minimum absolute atomic E-state index is 0.0472. The van der Waals surface area contributed by atoms with E-state index in [9.17, 15) is 14.7 Å². The van der Waals surface area contributed by atoms with Gasteiger partial charge in [-0.1, -0.05) is 29.8 Å². The Morgan fingerprint density at radius 3 is 2.76 bits per heavy atom. The van der Waals surface area contributed by atoms with Crippen LogP contribution >= 0.6 is 11.6 Å². The minimum Gasteiger partial charge on any atom is -0.386 e.